The van der Waals surface area contributed by atoms with E-state index < -0.39 is 11.5 Å². The van der Waals surface area contributed by atoms with Crippen LogP contribution in [0.25, 0.3) is 0 Å². The Morgan fingerprint density at radius 2 is 2.00 bits per heavy atom. The first kappa shape index (κ1) is 13.2. The Balaban J connectivity index is 3.47. The summed E-state index contributed by atoms with van der Waals surface area (Å²) in [5.74, 6) is 4.79. The Kier molecular flexibility index (Phi) is 3.53. The molecule has 0 unspecified atom stereocenters. The zero-order chi connectivity index (χ0) is 13.2. The SMILES string of the molecule is CC(C)(C)N(N)c1c(C=O)cccc1C(=O)O. The Morgan fingerprint density at radius 3 is 2.41 bits per heavy atom. The minimum absolute atomic E-state index is 0.0204. The monoisotopic (exact) mass is 236 g/mol. The fourth-order valence-corrected chi connectivity index (χ4v) is 1.43. The molecule has 0 bridgehead atoms. The number of nitrogens with zero attached hydrogens (tertiary/aromatic N) is 1. The van der Waals surface area contributed by atoms with Crippen LogP contribution in [0.1, 0.15) is 41.5 Å². The first-order chi connectivity index (χ1) is 7.79. The topological polar surface area (TPSA) is 83.6 Å². The summed E-state index contributed by atoms with van der Waals surface area (Å²) in [6.45, 7) is 5.50. The predicted octanol–water partition coefficient (Wildman–Crippen LogP) is 1.68. The highest BCUT2D eigenvalue weighted by molar-refractivity contribution is 6.00. The van der Waals surface area contributed by atoms with Gasteiger partial charge in [0.2, 0.25) is 0 Å². The molecule has 5 heteroatoms. The fraction of sp³-hybridized carbons (Fsp3) is 0.333. The maximum absolute atomic E-state index is 11.1. The number of anilines is 1. The van der Waals surface area contributed by atoms with Crippen LogP contribution in [0.3, 0.4) is 0 Å². The van der Waals surface area contributed by atoms with Gasteiger partial charge in [0.25, 0.3) is 0 Å². The lowest BCUT2D eigenvalue weighted by Gasteiger charge is -2.34. The molecule has 0 saturated heterocycles. The van der Waals surface area contributed by atoms with Crippen LogP contribution in [0.4, 0.5) is 5.69 Å². The summed E-state index contributed by atoms with van der Waals surface area (Å²) >= 11 is 0. The number of carboxylic acids is 1. The zero-order valence-electron chi connectivity index (χ0n) is 10.1. The van der Waals surface area contributed by atoms with Gasteiger partial charge in [-0.3, -0.25) is 4.79 Å². The Labute approximate surface area is 99.8 Å². The number of rotatable bonds is 3. The Morgan fingerprint density at radius 1 is 1.41 bits per heavy atom. The van der Waals surface area contributed by atoms with E-state index in [9.17, 15) is 9.59 Å². The van der Waals surface area contributed by atoms with E-state index in [0.29, 0.717) is 6.29 Å². The number of benzene rings is 1. The first-order valence-electron chi connectivity index (χ1n) is 5.15. The van der Waals surface area contributed by atoms with Crippen LogP contribution in [0.15, 0.2) is 18.2 Å². The number of aldehydes is 1. The van der Waals surface area contributed by atoms with Crippen LogP contribution in [-0.4, -0.2) is 22.9 Å². The molecule has 5 nitrogen and oxygen atoms in total. The lowest BCUT2D eigenvalue weighted by Crippen LogP contribution is -2.48. The summed E-state index contributed by atoms with van der Waals surface area (Å²) in [7, 11) is 0. The van der Waals surface area contributed by atoms with E-state index in [4.69, 9.17) is 10.9 Å². The Bertz CT molecular complexity index is 450. The smallest absolute Gasteiger partial charge is 0.337 e. The molecule has 0 aliphatic heterocycles. The van der Waals surface area contributed by atoms with Gasteiger partial charge in [-0.15, -0.1) is 0 Å². The van der Waals surface area contributed by atoms with Gasteiger partial charge >= 0.3 is 5.97 Å². The van der Waals surface area contributed by atoms with Gasteiger partial charge in [0.1, 0.15) is 0 Å². The standard InChI is InChI=1S/C12H16N2O3/c1-12(2,3)14(13)10-8(7-15)5-4-6-9(10)11(16)17/h4-7H,13H2,1-3H3,(H,16,17). The summed E-state index contributed by atoms with van der Waals surface area (Å²) in [6, 6.07) is 4.49. The second kappa shape index (κ2) is 4.55. The van der Waals surface area contributed by atoms with E-state index >= 15 is 0 Å². The number of para-hydroxylation sites is 1. The van der Waals surface area contributed by atoms with Crippen molar-refractivity contribution in [1.82, 2.24) is 0 Å². The molecule has 1 aromatic rings. The number of hydrogen-bond acceptors (Lipinski definition) is 4. The molecule has 92 valence electrons. The van der Waals surface area contributed by atoms with Crippen molar-refractivity contribution in [2.75, 3.05) is 5.01 Å². The normalized spacial score (nSPS) is 11.1. The van der Waals surface area contributed by atoms with Crippen molar-refractivity contribution < 1.29 is 14.7 Å². The number of carbonyl (C=O) groups excluding carboxylic acids is 1. The molecule has 0 aliphatic rings. The van der Waals surface area contributed by atoms with Crippen molar-refractivity contribution >= 4 is 17.9 Å². The summed E-state index contributed by atoms with van der Waals surface area (Å²) < 4.78 is 0. The number of carbonyl (C=O) groups is 2. The molecule has 17 heavy (non-hydrogen) atoms. The summed E-state index contributed by atoms with van der Waals surface area (Å²) in [5, 5.41) is 10.4. The quantitative estimate of drug-likeness (QED) is 0.474. The summed E-state index contributed by atoms with van der Waals surface area (Å²) in [6.07, 6.45) is 0.605. The van der Waals surface area contributed by atoms with E-state index in [1.807, 2.05) is 20.8 Å². The molecule has 0 amide bonds. The van der Waals surface area contributed by atoms with Gasteiger partial charge in [0.15, 0.2) is 6.29 Å². The van der Waals surface area contributed by atoms with E-state index in [1.54, 1.807) is 6.07 Å². The van der Waals surface area contributed by atoms with Crippen LogP contribution in [-0.2, 0) is 0 Å². The van der Waals surface area contributed by atoms with Crippen LogP contribution in [0.5, 0.6) is 0 Å². The van der Waals surface area contributed by atoms with Gasteiger partial charge in [-0.05, 0) is 32.9 Å². The minimum Gasteiger partial charge on any atom is -0.478 e. The van der Waals surface area contributed by atoms with Crippen molar-refractivity contribution in [2.45, 2.75) is 26.3 Å². The molecule has 1 rings (SSSR count). The largest absolute Gasteiger partial charge is 0.478 e. The molecule has 0 radical (unpaired) electrons. The molecular weight excluding hydrogens is 220 g/mol. The molecular formula is C12H16N2O3. The van der Waals surface area contributed by atoms with Crippen LogP contribution in [0.2, 0.25) is 0 Å². The van der Waals surface area contributed by atoms with Crippen molar-refractivity contribution in [3.05, 3.63) is 29.3 Å². The molecule has 0 fully saturated rings. The van der Waals surface area contributed by atoms with E-state index in [2.05, 4.69) is 0 Å². The minimum atomic E-state index is -1.11. The fourth-order valence-electron chi connectivity index (χ4n) is 1.43. The maximum Gasteiger partial charge on any atom is 0.337 e. The average molecular weight is 236 g/mol. The number of hydrazine groups is 1. The van der Waals surface area contributed by atoms with Gasteiger partial charge in [0, 0.05) is 11.1 Å². The number of carboxylic acid groups (broad SMARTS) is 1. The molecule has 0 atom stereocenters. The van der Waals surface area contributed by atoms with Crippen molar-refractivity contribution in [1.29, 1.82) is 0 Å². The van der Waals surface area contributed by atoms with E-state index in [0.717, 1.165) is 0 Å². The number of nitrogens with two attached hydrogens (primary N) is 1. The molecule has 0 aliphatic carbocycles. The van der Waals surface area contributed by atoms with Crippen LogP contribution >= 0.6 is 0 Å². The third kappa shape index (κ3) is 2.62. The lowest BCUT2D eigenvalue weighted by atomic mass is 10.0. The summed E-state index contributed by atoms with van der Waals surface area (Å²) in [4.78, 5) is 22.1. The highest BCUT2D eigenvalue weighted by Gasteiger charge is 2.25. The van der Waals surface area contributed by atoms with Crippen LogP contribution < -0.4 is 10.9 Å². The zero-order valence-corrected chi connectivity index (χ0v) is 10.1. The Hall–Kier alpha value is -1.88. The van der Waals surface area contributed by atoms with Crippen molar-refractivity contribution in [3.8, 4) is 0 Å². The van der Waals surface area contributed by atoms with Gasteiger partial charge in [0.05, 0.1) is 11.3 Å². The molecule has 0 aromatic heterocycles. The molecule has 3 N–H and O–H groups in total. The van der Waals surface area contributed by atoms with Crippen LogP contribution in [0, 0.1) is 0 Å². The average Bonchev–Trinajstić information content (AvgIpc) is 2.25. The van der Waals surface area contributed by atoms with E-state index in [-0.39, 0.29) is 16.8 Å². The van der Waals surface area contributed by atoms with E-state index in [1.165, 1.54) is 17.1 Å². The third-order valence-electron chi connectivity index (χ3n) is 2.39. The second-order valence-corrected chi connectivity index (χ2v) is 4.71. The van der Waals surface area contributed by atoms with Crippen molar-refractivity contribution in [3.63, 3.8) is 0 Å². The lowest BCUT2D eigenvalue weighted by molar-refractivity contribution is 0.0697. The number of hydrogen-bond donors (Lipinski definition) is 2. The molecule has 1 aromatic carbocycles. The van der Waals surface area contributed by atoms with Gasteiger partial charge in [-0.25, -0.2) is 10.6 Å². The van der Waals surface area contributed by atoms with Gasteiger partial charge in [-0.1, -0.05) is 6.07 Å². The second-order valence-electron chi connectivity index (χ2n) is 4.71. The third-order valence-corrected chi connectivity index (χ3v) is 2.39. The maximum atomic E-state index is 11.1. The first-order valence-corrected chi connectivity index (χ1v) is 5.15. The highest BCUT2D eigenvalue weighted by Crippen LogP contribution is 2.27. The predicted molar refractivity (Wildman–Crippen MR) is 65.2 cm³/mol. The van der Waals surface area contributed by atoms with Gasteiger partial charge in [-0.2, -0.15) is 0 Å². The summed E-state index contributed by atoms with van der Waals surface area (Å²) in [5.41, 5.74) is 0.0420. The molecule has 0 heterocycles. The van der Waals surface area contributed by atoms with Crippen molar-refractivity contribution in [2.24, 2.45) is 5.84 Å². The molecule has 0 saturated carbocycles. The highest BCUT2D eigenvalue weighted by atomic mass is 16.4. The number of aromatic carboxylic acids is 1. The van der Waals surface area contributed by atoms with Gasteiger partial charge < -0.3 is 10.1 Å². The molecule has 0 spiro atoms.